The van der Waals surface area contributed by atoms with Crippen molar-refractivity contribution in [2.24, 2.45) is 5.92 Å². The van der Waals surface area contributed by atoms with E-state index >= 15 is 0 Å². The Balaban J connectivity index is 1.26. The van der Waals surface area contributed by atoms with E-state index in [-0.39, 0.29) is 29.6 Å². The van der Waals surface area contributed by atoms with Crippen LogP contribution in [0.3, 0.4) is 0 Å². The second-order valence-corrected chi connectivity index (χ2v) is 13.8. The van der Waals surface area contributed by atoms with Crippen LogP contribution in [0.4, 0.5) is 0 Å². The van der Waals surface area contributed by atoms with Crippen molar-refractivity contribution in [1.82, 2.24) is 15.0 Å². The van der Waals surface area contributed by atoms with Crippen LogP contribution in [-0.2, 0) is 0 Å². The van der Waals surface area contributed by atoms with E-state index in [0.717, 1.165) is 17.5 Å². The number of hydrogen-bond donors (Lipinski definition) is 0. The molecule has 0 N–H and O–H groups in total. The van der Waals surface area contributed by atoms with Crippen LogP contribution in [0.5, 0.6) is 0 Å². The highest BCUT2D eigenvalue weighted by molar-refractivity contribution is 5.84. The van der Waals surface area contributed by atoms with E-state index in [4.69, 9.17) is 15.0 Å². The van der Waals surface area contributed by atoms with Gasteiger partial charge in [0.1, 0.15) is 17.5 Å². The molecule has 4 aliphatic carbocycles. The van der Waals surface area contributed by atoms with Gasteiger partial charge in [-0.1, -0.05) is 121 Å². The highest BCUT2D eigenvalue weighted by Gasteiger charge is 2.45. The Morgan fingerprint density at radius 2 is 0.917 bits per heavy atom. The third-order valence-corrected chi connectivity index (χ3v) is 11.2. The Kier molecular flexibility index (Phi) is 5.85. The van der Waals surface area contributed by atoms with Crippen molar-refractivity contribution in [3.63, 3.8) is 0 Å². The number of fused-ring (bicyclic) bond motifs is 9. The summed E-state index contributed by atoms with van der Waals surface area (Å²) in [7, 11) is 0. The van der Waals surface area contributed by atoms with Gasteiger partial charge in [0.05, 0.1) is 17.8 Å². The summed E-state index contributed by atoms with van der Waals surface area (Å²) in [5, 5.41) is 0. The molecule has 48 heavy (non-hydrogen) atoms. The monoisotopic (exact) mass is 615 g/mol. The van der Waals surface area contributed by atoms with Crippen molar-refractivity contribution < 1.29 is 0 Å². The molecule has 0 radical (unpaired) electrons. The second-order valence-electron chi connectivity index (χ2n) is 13.8. The van der Waals surface area contributed by atoms with Crippen LogP contribution >= 0.6 is 0 Å². The molecule has 3 heteroatoms. The molecule has 0 bridgehead atoms. The lowest BCUT2D eigenvalue weighted by Crippen LogP contribution is -2.20. The molecule has 0 saturated carbocycles. The fourth-order valence-corrected chi connectivity index (χ4v) is 9.31. The maximum Gasteiger partial charge on any atom is 0.144 e. The van der Waals surface area contributed by atoms with Crippen molar-refractivity contribution in [2.75, 3.05) is 0 Å². The third kappa shape index (κ3) is 3.75. The minimum Gasteiger partial charge on any atom is -0.216 e. The van der Waals surface area contributed by atoms with Gasteiger partial charge in [-0.3, -0.25) is 0 Å². The Hall–Kier alpha value is -5.59. The zero-order chi connectivity index (χ0) is 32.1. The number of aryl methyl sites for hydroxylation is 2. The number of aromatic nitrogens is 3. The Labute approximate surface area is 281 Å². The van der Waals surface area contributed by atoms with Gasteiger partial charge in [0.25, 0.3) is 0 Å². The third-order valence-electron chi connectivity index (χ3n) is 11.2. The summed E-state index contributed by atoms with van der Waals surface area (Å²) in [6.45, 7) is 6.61. The van der Waals surface area contributed by atoms with E-state index in [1.807, 2.05) is 0 Å². The van der Waals surface area contributed by atoms with Crippen LogP contribution in [0.25, 0.3) is 22.3 Å². The molecule has 1 aromatic heterocycles. The fraction of sp³-hybridized carbons (Fsp3) is 0.178. The summed E-state index contributed by atoms with van der Waals surface area (Å²) in [4.78, 5) is 16.6. The molecule has 5 aromatic carbocycles. The Bertz CT molecular complexity index is 2340. The topological polar surface area (TPSA) is 38.7 Å². The first kappa shape index (κ1) is 27.5. The first-order valence-electron chi connectivity index (χ1n) is 17.0. The molecule has 5 atom stereocenters. The smallest absolute Gasteiger partial charge is 0.144 e. The predicted octanol–water partition coefficient (Wildman–Crippen LogP) is 9.93. The van der Waals surface area contributed by atoms with Gasteiger partial charge in [-0.2, -0.15) is 0 Å². The largest absolute Gasteiger partial charge is 0.216 e. The number of rotatable bonds is 3. The molecule has 0 aliphatic heterocycles. The number of allylic oxidation sites excluding steroid dienone is 2. The van der Waals surface area contributed by atoms with Gasteiger partial charge < -0.3 is 0 Å². The first-order valence-corrected chi connectivity index (χ1v) is 17.0. The van der Waals surface area contributed by atoms with Crippen molar-refractivity contribution in [3.05, 3.63) is 194 Å². The van der Waals surface area contributed by atoms with Crippen LogP contribution < -0.4 is 0 Å². The van der Waals surface area contributed by atoms with Gasteiger partial charge in [-0.05, 0) is 99.2 Å². The minimum atomic E-state index is -0.0823. The lowest BCUT2D eigenvalue weighted by Gasteiger charge is -2.24. The number of hydrogen-bond acceptors (Lipinski definition) is 3. The number of nitrogens with zero attached hydrogens (tertiary/aromatic N) is 3. The highest BCUT2D eigenvalue weighted by atomic mass is 15.1. The summed E-state index contributed by atoms with van der Waals surface area (Å²) >= 11 is 0. The molecule has 0 spiro atoms. The van der Waals surface area contributed by atoms with Crippen LogP contribution in [0, 0.1) is 19.8 Å². The van der Waals surface area contributed by atoms with E-state index in [2.05, 4.69) is 148 Å². The predicted molar refractivity (Wildman–Crippen MR) is 190 cm³/mol. The average Bonchev–Trinajstić information content (AvgIpc) is 3.75. The molecule has 10 rings (SSSR count). The number of benzene rings is 5. The summed E-state index contributed by atoms with van der Waals surface area (Å²) in [6, 6.07) is 39.8. The van der Waals surface area contributed by atoms with Crippen LogP contribution in [0.15, 0.2) is 132 Å². The molecule has 1 heterocycles. The van der Waals surface area contributed by atoms with Crippen LogP contribution in [0.2, 0.25) is 0 Å². The SMILES string of the molecule is CC1=C=C=CC2C1c1ccccc1C2c1nc(C2c3ccccc3-c3c(C)cccc32)nc(C2c3ccccc3-c3c(C)cccc32)n1. The molecule has 5 unspecified atom stereocenters. The van der Waals surface area contributed by atoms with Crippen molar-refractivity contribution in [3.8, 4) is 22.3 Å². The molecule has 6 aromatic rings. The molecule has 3 nitrogen and oxygen atoms in total. The molecular weight excluding hydrogens is 583 g/mol. The van der Waals surface area contributed by atoms with Gasteiger partial charge >= 0.3 is 0 Å². The lowest BCUT2D eigenvalue weighted by molar-refractivity contribution is 0.523. The van der Waals surface area contributed by atoms with E-state index in [1.54, 1.807) is 0 Å². The van der Waals surface area contributed by atoms with Crippen molar-refractivity contribution >= 4 is 0 Å². The quantitative estimate of drug-likeness (QED) is 0.186. The minimum absolute atomic E-state index is 0.0153. The van der Waals surface area contributed by atoms with Crippen LogP contribution in [0.1, 0.15) is 92.6 Å². The second kappa shape index (κ2) is 10.2. The van der Waals surface area contributed by atoms with Crippen molar-refractivity contribution in [2.45, 2.75) is 44.4 Å². The molecule has 228 valence electrons. The zero-order valence-corrected chi connectivity index (χ0v) is 27.2. The van der Waals surface area contributed by atoms with Gasteiger partial charge in [-0.25, -0.2) is 15.0 Å². The Morgan fingerprint density at radius 3 is 1.48 bits per heavy atom. The first-order chi connectivity index (χ1) is 23.6. The average molecular weight is 616 g/mol. The van der Waals surface area contributed by atoms with E-state index in [0.29, 0.717) is 0 Å². The zero-order valence-electron chi connectivity index (χ0n) is 27.2. The van der Waals surface area contributed by atoms with E-state index in [9.17, 15) is 0 Å². The summed E-state index contributed by atoms with van der Waals surface area (Å²) < 4.78 is 0. The molecule has 0 fully saturated rings. The van der Waals surface area contributed by atoms with Crippen molar-refractivity contribution in [1.29, 1.82) is 0 Å². The summed E-state index contributed by atoms with van der Waals surface area (Å²) in [5.41, 5.74) is 23.4. The molecular formula is C45H33N3. The lowest BCUT2D eigenvalue weighted by atomic mass is 9.81. The van der Waals surface area contributed by atoms with E-state index in [1.165, 1.54) is 72.3 Å². The van der Waals surface area contributed by atoms with Gasteiger partial charge in [-0.15, -0.1) is 0 Å². The maximum atomic E-state index is 5.54. The van der Waals surface area contributed by atoms with Crippen LogP contribution in [-0.4, -0.2) is 15.0 Å². The fourth-order valence-electron chi connectivity index (χ4n) is 9.31. The van der Waals surface area contributed by atoms with E-state index < -0.39 is 0 Å². The van der Waals surface area contributed by atoms with Gasteiger partial charge in [0.15, 0.2) is 0 Å². The summed E-state index contributed by atoms with van der Waals surface area (Å²) in [6.07, 6.45) is 2.21. The normalized spacial score (nSPS) is 22.0. The molecule has 4 aliphatic rings. The molecule has 0 amide bonds. The van der Waals surface area contributed by atoms with Gasteiger partial charge in [0, 0.05) is 11.8 Å². The molecule has 0 saturated heterocycles. The maximum absolute atomic E-state index is 5.54. The summed E-state index contributed by atoms with van der Waals surface area (Å²) in [5.74, 6) is 2.73. The highest BCUT2D eigenvalue weighted by Crippen LogP contribution is 2.55. The Morgan fingerprint density at radius 1 is 0.458 bits per heavy atom. The van der Waals surface area contributed by atoms with Gasteiger partial charge in [0.2, 0.25) is 0 Å². The standard InChI is InChI=1S/C45H33N3/c1-25-13-10-22-34-37(25)28-16-4-7-19-31(28)40(34)43-46-44(41-32-20-8-5-17-29(32)38-26(2)14-11-23-35(38)41)48-45(47-43)42-33-21-9-6-18-30(33)39-27(3)15-12-24-36(39)42/h4-11,13-14,16-24,36,39-42H,1-3H3.